The number of nitrogens with two attached hydrogens (primary N) is 1. The summed E-state index contributed by atoms with van der Waals surface area (Å²) in [6.07, 6.45) is 1.70. The van der Waals surface area contributed by atoms with Gasteiger partial charge < -0.3 is 5.73 Å². The Kier molecular flexibility index (Phi) is 5.41. The molecule has 0 atom stereocenters. The minimum Gasteiger partial charge on any atom is -0.365 e. The summed E-state index contributed by atoms with van der Waals surface area (Å²) >= 11 is 2.48. The molecule has 0 unspecified atom stereocenters. The summed E-state index contributed by atoms with van der Waals surface area (Å²) in [5, 5.41) is 15.0. The molecule has 5 rings (SSSR count). The predicted molar refractivity (Wildman–Crippen MR) is 132 cm³/mol. The Balaban J connectivity index is 1.89. The standard InChI is InChI=1S/C24H16N6O2S2/c1-14-28-30-18(20(27-24(30)33-14)15-8-4-2-5-9-15)12-19-22(32)29(16-10-6-3-7-11-16)23(34-19)17(13-25)21(26)31/h2-12H,1H3,(H2,26,31)/b19-12-,23-17+. The first-order valence-corrected chi connectivity index (χ1v) is 11.8. The van der Waals surface area contributed by atoms with Crippen molar-refractivity contribution in [1.82, 2.24) is 19.2 Å². The summed E-state index contributed by atoms with van der Waals surface area (Å²) in [6, 6.07) is 20.3. The molecule has 10 heteroatoms. The Morgan fingerprint density at radius 2 is 1.76 bits per heavy atom. The summed E-state index contributed by atoms with van der Waals surface area (Å²) in [5.74, 6) is -0.896. The van der Waals surface area contributed by atoms with E-state index < -0.39 is 5.91 Å². The molecule has 8 nitrogen and oxygen atoms in total. The van der Waals surface area contributed by atoms with Crippen LogP contribution in [0, 0.1) is 18.3 Å². The molecule has 0 aliphatic rings. The molecule has 1 amide bonds. The van der Waals surface area contributed by atoms with Crippen LogP contribution < -0.4 is 20.5 Å². The van der Waals surface area contributed by atoms with E-state index in [-0.39, 0.29) is 15.8 Å². The van der Waals surface area contributed by atoms with Crippen molar-refractivity contribution in [2.75, 3.05) is 0 Å². The van der Waals surface area contributed by atoms with Gasteiger partial charge in [-0.15, -0.1) is 11.3 Å². The van der Waals surface area contributed by atoms with Crippen LogP contribution in [0.15, 0.2) is 65.5 Å². The second-order valence-electron chi connectivity index (χ2n) is 7.27. The van der Waals surface area contributed by atoms with Crippen LogP contribution in [-0.4, -0.2) is 25.1 Å². The highest BCUT2D eigenvalue weighted by atomic mass is 32.1. The molecule has 0 aliphatic carbocycles. The summed E-state index contributed by atoms with van der Waals surface area (Å²) < 4.78 is 3.54. The average molecular weight is 485 g/mol. The number of aromatic nitrogens is 4. The second kappa shape index (κ2) is 8.55. The average Bonchev–Trinajstić information content (AvgIpc) is 3.46. The molecule has 2 N–H and O–H groups in total. The van der Waals surface area contributed by atoms with Crippen LogP contribution in [0.1, 0.15) is 10.7 Å². The quantitative estimate of drug-likeness (QED) is 0.418. The van der Waals surface area contributed by atoms with Crippen LogP contribution in [0.2, 0.25) is 0 Å². The third kappa shape index (κ3) is 3.63. The second-order valence-corrected chi connectivity index (χ2v) is 9.46. The van der Waals surface area contributed by atoms with Gasteiger partial charge in [-0.2, -0.15) is 10.4 Å². The van der Waals surface area contributed by atoms with E-state index in [0.717, 1.165) is 21.9 Å². The van der Waals surface area contributed by atoms with E-state index in [4.69, 9.17) is 10.7 Å². The maximum Gasteiger partial charge on any atom is 0.273 e. The molecule has 0 fully saturated rings. The lowest BCUT2D eigenvalue weighted by Gasteiger charge is -2.01. The van der Waals surface area contributed by atoms with E-state index in [1.54, 1.807) is 34.9 Å². The molecular formula is C24H16N6O2S2. The number of primary amides is 1. The fourth-order valence-corrected chi connectivity index (χ4v) is 5.43. The summed E-state index contributed by atoms with van der Waals surface area (Å²) in [5.41, 5.74) is 7.52. The van der Waals surface area contributed by atoms with Gasteiger partial charge in [0, 0.05) is 5.56 Å². The zero-order valence-corrected chi connectivity index (χ0v) is 19.4. The Morgan fingerprint density at radius 1 is 1.09 bits per heavy atom. The highest BCUT2D eigenvalue weighted by molar-refractivity contribution is 7.16. The van der Waals surface area contributed by atoms with Crippen LogP contribution in [0.25, 0.3) is 33.6 Å². The first-order valence-electron chi connectivity index (χ1n) is 10.1. The molecule has 0 saturated heterocycles. The lowest BCUT2D eigenvalue weighted by molar-refractivity contribution is -0.112. The normalized spacial score (nSPS) is 12.6. The maximum atomic E-state index is 13.6. The Hall–Kier alpha value is -4.33. The maximum absolute atomic E-state index is 13.6. The molecule has 166 valence electrons. The fourth-order valence-electron chi connectivity index (χ4n) is 3.59. The summed E-state index contributed by atoms with van der Waals surface area (Å²) in [6.45, 7) is 1.89. The zero-order valence-electron chi connectivity index (χ0n) is 17.8. The van der Waals surface area contributed by atoms with Gasteiger partial charge in [-0.3, -0.25) is 14.2 Å². The van der Waals surface area contributed by atoms with E-state index in [1.807, 2.05) is 49.4 Å². The number of imidazole rings is 1. The zero-order chi connectivity index (χ0) is 23.8. The molecule has 0 saturated carbocycles. The van der Waals surface area contributed by atoms with Gasteiger partial charge in [0.15, 0.2) is 5.57 Å². The van der Waals surface area contributed by atoms with Gasteiger partial charge in [0.25, 0.3) is 11.5 Å². The first kappa shape index (κ1) is 21.5. The number of nitriles is 1. The minimum absolute atomic E-state index is 0.175. The number of carbonyl (C=O) groups is 1. The van der Waals surface area contributed by atoms with Crippen molar-refractivity contribution in [3.63, 3.8) is 0 Å². The molecule has 0 aliphatic heterocycles. The summed E-state index contributed by atoms with van der Waals surface area (Å²) in [4.78, 5) is 31.0. The smallest absolute Gasteiger partial charge is 0.273 e. The molecule has 34 heavy (non-hydrogen) atoms. The van der Waals surface area contributed by atoms with Crippen molar-refractivity contribution in [2.24, 2.45) is 5.73 Å². The van der Waals surface area contributed by atoms with E-state index >= 15 is 0 Å². The van der Waals surface area contributed by atoms with E-state index in [9.17, 15) is 14.9 Å². The number of amides is 1. The lowest BCUT2D eigenvalue weighted by atomic mass is 10.1. The number of fused-ring (bicyclic) bond motifs is 1. The SMILES string of the molecule is Cc1nn2c(/C=c3\s/c(=C(\C#N)C(N)=O)n(-c4ccccc4)c3=O)c(-c3ccccc3)nc2s1. The van der Waals surface area contributed by atoms with E-state index in [2.05, 4.69) is 5.10 Å². The number of thiazole rings is 1. The van der Waals surface area contributed by atoms with Gasteiger partial charge >= 0.3 is 0 Å². The first-order chi connectivity index (χ1) is 16.5. The monoisotopic (exact) mass is 484 g/mol. The molecule has 5 aromatic rings. The number of hydrogen-bond donors (Lipinski definition) is 1. The molecule has 3 heterocycles. The number of rotatable bonds is 4. The highest BCUT2D eigenvalue weighted by Gasteiger charge is 2.18. The Bertz CT molecular complexity index is 1770. The van der Waals surface area contributed by atoms with Crippen LogP contribution in [0.3, 0.4) is 0 Å². The molecular weight excluding hydrogens is 468 g/mol. The van der Waals surface area contributed by atoms with Gasteiger partial charge in [-0.1, -0.05) is 59.9 Å². The Labute approximate surface area is 200 Å². The topological polar surface area (TPSA) is 119 Å². The summed E-state index contributed by atoms with van der Waals surface area (Å²) in [7, 11) is 0. The number of nitrogens with zero attached hydrogens (tertiary/aromatic N) is 5. The third-order valence-corrected chi connectivity index (χ3v) is 6.98. The molecule has 2 aromatic carbocycles. The van der Waals surface area contributed by atoms with Gasteiger partial charge in [0.2, 0.25) is 4.96 Å². The fraction of sp³-hybridized carbons (Fsp3) is 0.0417. The molecule has 0 spiro atoms. The van der Waals surface area contributed by atoms with Crippen molar-refractivity contribution in [2.45, 2.75) is 6.92 Å². The van der Waals surface area contributed by atoms with Crippen LogP contribution in [-0.2, 0) is 4.79 Å². The lowest BCUT2D eigenvalue weighted by Crippen LogP contribution is -2.32. The highest BCUT2D eigenvalue weighted by Crippen LogP contribution is 2.27. The number of para-hydroxylation sites is 1. The van der Waals surface area contributed by atoms with Gasteiger partial charge in [0.05, 0.1) is 21.6 Å². The van der Waals surface area contributed by atoms with Crippen molar-refractivity contribution in [1.29, 1.82) is 5.26 Å². The number of hydrogen-bond acceptors (Lipinski definition) is 7. The minimum atomic E-state index is -0.896. The Morgan fingerprint density at radius 3 is 2.41 bits per heavy atom. The van der Waals surface area contributed by atoms with Gasteiger partial charge in [-0.25, -0.2) is 9.50 Å². The largest absolute Gasteiger partial charge is 0.365 e. The van der Waals surface area contributed by atoms with Crippen molar-refractivity contribution in [3.05, 3.63) is 90.9 Å². The predicted octanol–water partition coefficient (Wildman–Crippen LogP) is 1.97. The molecule has 3 aromatic heterocycles. The van der Waals surface area contributed by atoms with Crippen molar-refractivity contribution >= 4 is 45.2 Å². The molecule has 0 bridgehead atoms. The van der Waals surface area contributed by atoms with E-state index in [0.29, 0.717) is 26.6 Å². The van der Waals surface area contributed by atoms with Gasteiger partial charge in [-0.05, 0) is 25.1 Å². The van der Waals surface area contributed by atoms with Crippen LogP contribution in [0.5, 0.6) is 0 Å². The van der Waals surface area contributed by atoms with Gasteiger partial charge in [0.1, 0.15) is 15.7 Å². The number of aryl methyl sites for hydroxylation is 1. The number of benzene rings is 2. The van der Waals surface area contributed by atoms with Crippen LogP contribution in [0.4, 0.5) is 0 Å². The van der Waals surface area contributed by atoms with Crippen LogP contribution >= 0.6 is 22.7 Å². The molecule has 0 radical (unpaired) electrons. The van der Waals surface area contributed by atoms with E-state index in [1.165, 1.54) is 15.9 Å². The van der Waals surface area contributed by atoms with Crippen molar-refractivity contribution in [3.8, 4) is 23.0 Å². The number of carbonyl (C=O) groups excluding carboxylic acids is 1. The third-order valence-electron chi connectivity index (χ3n) is 5.06. The van der Waals surface area contributed by atoms with Crippen molar-refractivity contribution < 1.29 is 4.79 Å².